The Kier molecular flexibility index (Phi) is 5.71. The monoisotopic (exact) mass is 486 g/mol. The lowest BCUT2D eigenvalue weighted by molar-refractivity contribution is -0.137. The van der Waals surface area contributed by atoms with Gasteiger partial charge in [-0.05, 0) is 30.3 Å². The fraction of sp³-hybridized carbons (Fsp3) is 0.158. The molecule has 0 aliphatic carbocycles. The van der Waals surface area contributed by atoms with Gasteiger partial charge in [0.2, 0.25) is 5.82 Å². The van der Waals surface area contributed by atoms with E-state index in [2.05, 4.69) is 15.4 Å². The lowest BCUT2D eigenvalue weighted by atomic mass is 10.1. The molecule has 1 atom stereocenters. The van der Waals surface area contributed by atoms with Crippen molar-refractivity contribution >= 4 is 57.7 Å². The third kappa shape index (κ3) is 4.41. The van der Waals surface area contributed by atoms with Crippen LogP contribution in [0.4, 0.5) is 13.2 Å². The lowest BCUT2D eigenvalue weighted by Crippen LogP contribution is -2.45. The number of alkyl halides is 3. The zero-order chi connectivity index (χ0) is 22.3. The molecular formula is C19H11Cl2F3N4O2S. The Bertz CT molecular complexity index is 1210. The molecule has 1 aliphatic heterocycles. The quantitative estimate of drug-likeness (QED) is 0.571. The average Bonchev–Trinajstić information content (AvgIpc) is 3.06. The number of nitrogens with one attached hydrogen (secondary N) is 1. The summed E-state index contributed by atoms with van der Waals surface area (Å²) in [7, 11) is 0. The Hall–Kier alpha value is -2.56. The number of halogens is 5. The number of benzene rings is 2. The molecule has 31 heavy (non-hydrogen) atoms. The van der Waals surface area contributed by atoms with Gasteiger partial charge in [0.05, 0.1) is 16.8 Å². The van der Waals surface area contributed by atoms with Gasteiger partial charge in [-0.3, -0.25) is 15.0 Å². The topological polar surface area (TPSA) is 75.2 Å². The van der Waals surface area contributed by atoms with E-state index in [9.17, 15) is 22.8 Å². The molecule has 1 aromatic heterocycles. The number of carbonyl (C=O) groups is 2. The van der Waals surface area contributed by atoms with Gasteiger partial charge >= 0.3 is 12.1 Å². The van der Waals surface area contributed by atoms with Gasteiger partial charge in [-0.2, -0.15) is 13.2 Å². The number of hydrogen-bond donors (Lipinski definition) is 1. The van der Waals surface area contributed by atoms with Crippen LogP contribution < -0.4 is 5.43 Å². The van der Waals surface area contributed by atoms with Gasteiger partial charge in [0.15, 0.2) is 0 Å². The smallest absolute Gasteiger partial charge is 0.272 e. The molecule has 2 aromatic carbocycles. The number of hydrazine groups is 1. The van der Waals surface area contributed by atoms with Crippen molar-refractivity contribution in [2.24, 2.45) is 0 Å². The number of fused-ring (bicyclic) bond motifs is 1. The van der Waals surface area contributed by atoms with Crippen LogP contribution in [0, 0.1) is 0 Å². The molecule has 2 heterocycles. The number of rotatable bonds is 3. The van der Waals surface area contributed by atoms with Crippen LogP contribution in [0.5, 0.6) is 0 Å². The van der Waals surface area contributed by atoms with Gasteiger partial charge in [-0.25, -0.2) is 15.0 Å². The largest absolute Gasteiger partial charge is 0.416 e. The molecule has 1 N–H and O–H groups in total. The highest BCUT2D eigenvalue weighted by Gasteiger charge is 2.36. The van der Waals surface area contributed by atoms with Crippen molar-refractivity contribution in [2.45, 2.75) is 11.6 Å². The van der Waals surface area contributed by atoms with E-state index < -0.39 is 23.0 Å². The van der Waals surface area contributed by atoms with Gasteiger partial charge in [-0.1, -0.05) is 29.3 Å². The highest BCUT2D eigenvalue weighted by Crippen LogP contribution is 2.41. The fourth-order valence-corrected chi connectivity index (χ4v) is 4.68. The van der Waals surface area contributed by atoms with E-state index in [1.165, 1.54) is 17.8 Å². The van der Waals surface area contributed by atoms with Gasteiger partial charge in [0.1, 0.15) is 5.37 Å². The van der Waals surface area contributed by atoms with Crippen LogP contribution in [0.3, 0.4) is 0 Å². The number of carbonyl (C=O) groups excluding carboxylic acids is 2. The molecule has 1 saturated heterocycles. The van der Waals surface area contributed by atoms with E-state index >= 15 is 0 Å². The zero-order valence-corrected chi connectivity index (χ0v) is 17.6. The molecule has 2 amide bonds. The molecular weight excluding hydrogens is 476 g/mol. The molecule has 12 heteroatoms. The summed E-state index contributed by atoms with van der Waals surface area (Å²) >= 11 is 13.4. The van der Waals surface area contributed by atoms with Crippen molar-refractivity contribution in [1.29, 1.82) is 0 Å². The number of thioether (sulfide) groups is 1. The fourth-order valence-electron chi connectivity index (χ4n) is 2.96. The van der Waals surface area contributed by atoms with Crippen LogP contribution in [0.15, 0.2) is 42.6 Å². The van der Waals surface area contributed by atoms with Gasteiger partial charge in [0.25, 0.3) is 5.91 Å². The molecule has 0 bridgehead atoms. The van der Waals surface area contributed by atoms with Crippen molar-refractivity contribution in [3.63, 3.8) is 0 Å². The first-order valence-corrected chi connectivity index (χ1v) is 10.5. The number of nitrogens with zero attached hydrogens (tertiary/aromatic N) is 3. The highest BCUT2D eigenvalue weighted by molar-refractivity contribution is 8.00. The Morgan fingerprint density at radius 2 is 1.97 bits per heavy atom. The van der Waals surface area contributed by atoms with E-state index in [4.69, 9.17) is 23.2 Å². The Balaban J connectivity index is 1.58. The first-order chi connectivity index (χ1) is 14.6. The molecule has 160 valence electrons. The minimum Gasteiger partial charge on any atom is -0.272 e. The van der Waals surface area contributed by atoms with E-state index in [-0.39, 0.29) is 28.4 Å². The van der Waals surface area contributed by atoms with Gasteiger partial charge < -0.3 is 0 Å². The zero-order valence-electron chi connectivity index (χ0n) is 15.3. The maximum absolute atomic E-state index is 12.9. The second kappa shape index (κ2) is 8.18. The van der Waals surface area contributed by atoms with E-state index in [1.54, 1.807) is 12.1 Å². The SMILES string of the molecule is O=C(NN1C(=O)CSC1c1ccc(Cl)cc1Cl)c1ncc2cc(C(F)(F)F)ccc2n1. The predicted molar refractivity (Wildman–Crippen MR) is 111 cm³/mol. The first kappa shape index (κ1) is 21.7. The lowest BCUT2D eigenvalue weighted by Gasteiger charge is -2.25. The molecule has 1 aliphatic rings. The van der Waals surface area contributed by atoms with Crippen LogP contribution in [-0.2, 0) is 11.0 Å². The van der Waals surface area contributed by atoms with Crippen LogP contribution in [0.25, 0.3) is 10.9 Å². The standard InChI is InChI=1S/C19H11Cl2F3N4O2S/c20-11-2-3-12(13(21)6-11)18-28(15(29)8-31-18)27-17(30)16-25-7-9-5-10(19(22,23)24)1-4-14(9)26-16/h1-7,18H,8H2,(H,27,30). The van der Waals surface area contributed by atoms with Crippen LogP contribution in [-0.4, -0.2) is 32.5 Å². The average molecular weight is 487 g/mol. The van der Waals surface area contributed by atoms with Gasteiger partial charge in [0, 0.05) is 27.2 Å². The Labute approximate surface area is 187 Å². The predicted octanol–water partition coefficient (Wildman–Crippen LogP) is 4.87. The molecule has 1 unspecified atom stereocenters. The molecule has 1 fully saturated rings. The summed E-state index contributed by atoms with van der Waals surface area (Å²) in [4.78, 5) is 32.8. The summed E-state index contributed by atoms with van der Waals surface area (Å²) in [6, 6.07) is 7.73. The summed E-state index contributed by atoms with van der Waals surface area (Å²) < 4.78 is 38.6. The maximum Gasteiger partial charge on any atom is 0.416 e. The second-order valence-corrected chi connectivity index (χ2v) is 8.41. The van der Waals surface area contributed by atoms with Gasteiger partial charge in [-0.15, -0.1) is 11.8 Å². The number of aromatic nitrogens is 2. The molecule has 0 radical (unpaired) electrons. The minimum absolute atomic E-state index is 0.114. The highest BCUT2D eigenvalue weighted by atomic mass is 35.5. The third-order valence-electron chi connectivity index (χ3n) is 4.43. The molecule has 0 saturated carbocycles. The van der Waals surface area contributed by atoms with Crippen LogP contribution in [0.1, 0.15) is 27.1 Å². The number of hydrogen-bond acceptors (Lipinski definition) is 5. The van der Waals surface area contributed by atoms with E-state index in [1.807, 2.05) is 0 Å². The van der Waals surface area contributed by atoms with Crippen molar-refractivity contribution in [3.05, 3.63) is 69.6 Å². The Morgan fingerprint density at radius 3 is 2.68 bits per heavy atom. The van der Waals surface area contributed by atoms with E-state index in [0.29, 0.717) is 15.6 Å². The summed E-state index contributed by atoms with van der Waals surface area (Å²) in [5, 5.41) is 1.43. The van der Waals surface area contributed by atoms with E-state index in [0.717, 1.165) is 29.4 Å². The summed E-state index contributed by atoms with van der Waals surface area (Å²) in [5.74, 6) is -1.32. The van der Waals surface area contributed by atoms with Crippen molar-refractivity contribution in [2.75, 3.05) is 5.75 Å². The van der Waals surface area contributed by atoms with Crippen LogP contribution in [0.2, 0.25) is 10.0 Å². The normalized spacial score (nSPS) is 16.7. The second-order valence-electron chi connectivity index (χ2n) is 6.50. The summed E-state index contributed by atoms with van der Waals surface area (Å²) in [6.45, 7) is 0. The summed E-state index contributed by atoms with van der Waals surface area (Å²) in [5.41, 5.74) is 2.36. The van der Waals surface area contributed by atoms with Crippen molar-refractivity contribution < 1.29 is 22.8 Å². The first-order valence-electron chi connectivity index (χ1n) is 8.67. The third-order valence-corrected chi connectivity index (χ3v) is 6.19. The Morgan fingerprint density at radius 1 is 1.19 bits per heavy atom. The molecule has 3 aromatic rings. The molecule has 0 spiro atoms. The number of amides is 2. The summed E-state index contributed by atoms with van der Waals surface area (Å²) in [6.07, 6.45) is -3.38. The van der Waals surface area contributed by atoms with Crippen molar-refractivity contribution in [3.8, 4) is 0 Å². The molecule has 4 rings (SSSR count). The minimum atomic E-state index is -4.50. The van der Waals surface area contributed by atoms with Crippen molar-refractivity contribution in [1.82, 2.24) is 20.4 Å². The maximum atomic E-state index is 12.9. The van der Waals surface area contributed by atoms with Crippen LogP contribution >= 0.6 is 35.0 Å². The molecule has 6 nitrogen and oxygen atoms in total.